The molecule has 0 aliphatic carbocycles. The van der Waals surface area contributed by atoms with Gasteiger partial charge in [0.05, 0.1) is 29.7 Å². The van der Waals surface area contributed by atoms with Gasteiger partial charge in [-0.15, -0.1) is 0 Å². The summed E-state index contributed by atoms with van der Waals surface area (Å²) in [7, 11) is 1.17. The molecule has 0 aliphatic rings. The Kier molecular flexibility index (Phi) is 6.88. The third-order valence-corrected chi connectivity index (χ3v) is 4.13. The van der Waals surface area contributed by atoms with Crippen LogP contribution in [0.15, 0.2) is 35.3 Å². The highest BCUT2D eigenvalue weighted by molar-refractivity contribution is 6.37. The van der Waals surface area contributed by atoms with Crippen LogP contribution in [0.1, 0.15) is 16.8 Å². The van der Waals surface area contributed by atoms with Gasteiger partial charge in [-0.05, 0) is 24.3 Å². The largest absolute Gasteiger partial charge is 0.394 e. The molecule has 1 aromatic carbocycles. The van der Waals surface area contributed by atoms with Gasteiger partial charge in [0.2, 0.25) is 0 Å². The molecule has 2 N–H and O–H groups in total. The second-order valence-electron chi connectivity index (χ2n) is 5.45. The van der Waals surface area contributed by atoms with Crippen LogP contribution in [0.4, 0.5) is 14.6 Å². The fourth-order valence-corrected chi connectivity index (χ4v) is 2.67. The first-order chi connectivity index (χ1) is 12.7. The highest BCUT2D eigenvalue weighted by atomic mass is 35.5. The van der Waals surface area contributed by atoms with Crippen molar-refractivity contribution in [3.8, 4) is 0 Å². The number of rotatable bonds is 7. The zero-order chi connectivity index (χ0) is 20.2. The SMILES string of the molecule is COC(CO)CC(F)(F)n1ccc(NC(=O)c2ccc(Cl)cc2Cl)nc1=O. The molecule has 1 atom stereocenters. The van der Waals surface area contributed by atoms with Crippen molar-refractivity contribution in [2.45, 2.75) is 18.6 Å². The van der Waals surface area contributed by atoms with Gasteiger partial charge in [-0.25, -0.2) is 9.36 Å². The Hall–Kier alpha value is -2.07. The van der Waals surface area contributed by atoms with Crippen LogP contribution in [0.2, 0.25) is 10.0 Å². The van der Waals surface area contributed by atoms with Crippen molar-refractivity contribution in [2.75, 3.05) is 19.0 Å². The first-order valence-corrected chi connectivity index (χ1v) is 8.31. The molecule has 146 valence electrons. The number of anilines is 1. The van der Waals surface area contributed by atoms with E-state index in [4.69, 9.17) is 33.0 Å². The molecule has 0 bridgehead atoms. The summed E-state index contributed by atoms with van der Waals surface area (Å²) >= 11 is 11.7. The number of nitrogens with one attached hydrogen (secondary N) is 1. The fraction of sp³-hybridized carbons (Fsp3) is 0.312. The Morgan fingerprint density at radius 2 is 2.11 bits per heavy atom. The average Bonchev–Trinajstić information content (AvgIpc) is 2.59. The van der Waals surface area contributed by atoms with Gasteiger partial charge in [-0.2, -0.15) is 13.8 Å². The van der Waals surface area contributed by atoms with Gasteiger partial charge in [-0.3, -0.25) is 4.79 Å². The van der Waals surface area contributed by atoms with Gasteiger partial charge in [0, 0.05) is 18.3 Å². The monoisotopic (exact) mass is 421 g/mol. The number of aliphatic hydroxyl groups is 1. The lowest BCUT2D eigenvalue weighted by atomic mass is 10.2. The number of carbonyl (C=O) groups is 1. The van der Waals surface area contributed by atoms with Crippen LogP contribution in [0.5, 0.6) is 0 Å². The Balaban J connectivity index is 2.21. The van der Waals surface area contributed by atoms with E-state index in [1.165, 1.54) is 25.3 Å². The van der Waals surface area contributed by atoms with Gasteiger partial charge in [0.25, 0.3) is 5.91 Å². The topological polar surface area (TPSA) is 93.4 Å². The molecule has 0 saturated heterocycles. The Morgan fingerprint density at radius 1 is 1.41 bits per heavy atom. The molecular weight excluding hydrogens is 407 g/mol. The molecule has 2 rings (SSSR count). The molecule has 7 nitrogen and oxygen atoms in total. The number of methoxy groups -OCH3 is 1. The van der Waals surface area contributed by atoms with E-state index in [-0.39, 0.29) is 21.0 Å². The predicted octanol–water partition coefficient (Wildman–Crippen LogP) is 2.75. The van der Waals surface area contributed by atoms with Crippen molar-refractivity contribution in [3.63, 3.8) is 0 Å². The number of hydrogen-bond donors (Lipinski definition) is 2. The number of amides is 1. The Bertz CT molecular complexity index is 888. The minimum absolute atomic E-state index is 0.0725. The first kappa shape index (κ1) is 21.2. The van der Waals surface area contributed by atoms with E-state index in [0.29, 0.717) is 5.02 Å². The van der Waals surface area contributed by atoms with Gasteiger partial charge < -0.3 is 15.2 Å². The molecule has 0 radical (unpaired) electrons. The summed E-state index contributed by atoms with van der Waals surface area (Å²) in [5, 5.41) is 11.7. The number of carbonyl (C=O) groups excluding carboxylic acids is 1. The maximum Gasteiger partial charge on any atom is 0.354 e. The van der Waals surface area contributed by atoms with Gasteiger partial charge in [0.1, 0.15) is 5.82 Å². The summed E-state index contributed by atoms with van der Waals surface area (Å²) in [6, 6.07) is 1.57. The van der Waals surface area contributed by atoms with Crippen LogP contribution in [-0.2, 0) is 10.8 Å². The fourth-order valence-electron chi connectivity index (χ4n) is 2.17. The summed E-state index contributed by atoms with van der Waals surface area (Å²) in [6.45, 7) is -0.635. The first-order valence-electron chi connectivity index (χ1n) is 7.56. The van der Waals surface area contributed by atoms with E-state index in [0.717, 1.165) is 12.3 Å². The van der Waals surface area contributed by atoms with Gasteiger partial charge in [0.15, 0.2) is 0 Å². The number of nitrogens with zero attached hydrogens (tertiary/aromatic N) is 2. The van der Waals surface area contributed by atoms with Crippen LogP contribution < -0.4 is 11.0 Å². The number of alkyl halides is 2. The molecule has 0 aliphatic heterocycles. The van der Waals surface area contributed by atoms with E-state index >= 15 is 0 Å². The quantitative estimate of drug-likeness (QED) is 0.716. The minimum Gasteiger partial charge on any atom is -0.394 e. The number of aromatic nitrogens is 2. The maximum atomic E-state index is 14.2. The van der Waals surface area contributed by atoms with E-state index in [2.05, 4.69) is 10.3 Å². The van der Waals surface area contributed by atoms with E-state index in [1.807, 2.05) is 0 Å². The van der Waals surface area contributed by atoms with Crippen molar-refractivity contribution < 1.29 is 23.4 Å². The zero-order valence-corrected chi connectivity index (χ0v) is 15.5. The van der Waals surface area contributed by atoms with Crippen LogP contribution in [-0.4, -0.2) is 40.4 Å². The molecular formula is C16H15Cl2F2N3O4. The lowest BCUT2D eigenvalue weighted by molar-refractivity contribution is -0.129. The van der Waals surface area contributed by atoms with Crippen molar-refractivity contribution in [3.05, 3.63) is 56.6 Å². The number of benzene rings is 1. The molecule has 1 amide bonds. The van der Waals surface area contributed by atoms with Crippen molar-refractivity contribution in [1.82, 2.24) is 9.55 Å². The maximum absolute atomic E-state index is 14.2. The Morgan fingerprint density at radius 3 is 2.67 bits per heavy atom. The number of aliphatic hydroxyl groups excluding tert-OH is 1. The lowest BCUT2D eigenvalue weighted by Gasteiger charge is -2.22. The molecule has 11 heteroatoms. The molecule has 1 heterocycles. The van der Waals surface area contributed by atoms with Gasteiger partial charge >= 0.3 is 11.7 Å². The highest BCUT2D eigenvalue weighted by Crippen LogP contribution is 2.26. The molecule has 0 spiro atoms. The molecule has 1 unspecified atom stereocenters. The lowest BCUT2D eigenvalue weighted by Crippen LogP contribution is -2.39. The predicted molar refractivity (Wildman–Crippen MR) is 95.6 cm³/mol. The molecule has 1 aromatic heterocycles. The second kappa shape index (κ2) is 8.75. The number of halogens is 4. The van der Waals surface area contributed by atoms with Crippen LogP contribution in [0, 0.1) is 0 Å². The summed E-state index contributed by atoms with van der Waals surface area (Å²) in [4.78, 5) is 27.6. The average molecular weight is 422 g/mol. The van der Waals surface area contributed by atoms with Crippen LogP contribution in [0.25, 0.3) is 0 Å². The van der Waals surface area contributed by atoms with Gasteiger partial charge in [-0.1, -0.05) is 23.2 Å². The van der Waals surface area contributed by atoms with E-state index in [1.54, 1.807) is 0 Å². The number of ether oxygens (including phenoxy) is 1. The smallest absolute Gasteiger partial charge is 0.354 e. The summed E-state index contributed by atoms with van der Waals surface area (Å²) in [5.74, 6) is -0.915. The highest BCUT2D eigenvalue weighted by Gasteiger charge is 2.36. The molecule has 2 aromatic rings. The molecule has 0 saturated carbocycles. The third-order valence-electron chi connectivity index (χ3n) is 3.58. The minimum atomic E-state index is -3.64. The van der Waals surface area contributed by atoms with E-state index < -0.39 is 36.8 Å². The van der Waals surface area contributed by atoms with Crippen molar-refractivity contribution >= 4 is 34.9 Å². The Labute approximate surface area is 162 Å². The van der Waals surface area contributed by atoms with E-state index in [9.17, 15) is 18.4 Å². The van der Waals surface area contributed by atoms with Crippen molar-refractivity contribution in [2.24, 2.45) is 0 Å². The summed E-state index contributed by atoms with van der Waals surface area (Å²) in [5.41, 5.74) is -1.21. The molecule has 27 heavy (non-hydrogen) atoms. The van der Waals surface area contributed by atoms with Crippen molar-refractivity contribution in [1.29, 1.82) is 0 Å². The second-order valence-corrected chi connectivity index (χ2v) is 6.30. The normalized spacial score (nSPS) is 12.7. The molecule has 0 fully saturated rings. The summed E-state index contributed by atoms with van der Waals surface area (Å²) < 4.78 is 33.2. The zero-order valence-electron chi connectivity index (χ0n) is 14.0. The number of hydrogen-bond acceptors (Lipinski definition) is 5. The van der Waals surface area contributed by atoms with Crippen LogP contribution in [0.3, 0.4) is 0 Å². The standard InChI is InChI=1S/C16H15Cl2F2N3O4/c1-27-10(8-24)7-16(19,20)23-5-4-13(22-15(23)26)21-14(25)11-3-2-9(17)6-12(11)18/h2-6,10,24H,7-8H2,1H3,(H,21,22,25,26). The summed E-state index contributed by atoms with van der Waals surface area (Å²) in [6.07, 6.45) is -1.29. The third kappa shape index (κ3) is 5.23. The van der Waals surface area contributed by atoms with Crippen LogP contribution >= 0.6 is 23.2 Å².